The summed E-state index contributed by atoms with van der Waals surface area (Å²) in [5, 5.41) is 16.2. The molecule has 1 spiro atoms. The van der Waals surface area contributed by atoms with Crippen LogP contribution in [0.15, 0.2) is 0 Å². The third kappa shape index (κ3) is 2.74. The van der Waals surface area contributed by atoms with Crippen molar-refractivity contribution < 1.29 is 14.6 Å². The summed E-state index contributed by atoms with van der Waals surface area (Å²) in [5.74, 6) is 0.722. The summed E-state index contributed by atoms with van der Waals surface area (Å²) >= 11 is 0. The molecular weight excluding hydrogens is 304 g/mol. The Morgan fingerprint density at radius 1 is 1.04 bits per heavy atom. The molecule has 5 nitrogen and oxygen atoms in total. The number of hydrogen-bond acceptors (Lipinski definition) is 3. The number of nitrogens with one attached hydrogen (secondary N) is 2. The fraction of sp³-hybridized carbons (Fsp3) is 0.947. The Balaban J connectivity index is 1.38. The molecule has 24 heavy (non-hydrogen) atoms. The predicted octanol–water partition coefficient (Wildman–Crippen LogP) is 2.57. The minimum atomic E-state index is -0.0259. The Bertz CT molecular complexity index is 464. The first-order valence-electron chi connectivity index (χ1n) is 10.0. The summed E-state index contributed by atoms with van der Waals surface area (Å²) in [6.07, 6.45) is 11.9. The third-order valence-corrected chi connectivity index (χ3v) is 7.28. The van der Waals surface area contributed by atoms with Gasteiger partial charge in [0, 0.05) is 42.5 Å². The van der Waals surface area contributed by atoms with Gasteiger partial charge in [-0.25, -0.2) is 4.79 Å². The number of ether oxygens (including phenoxy) is 1. The van der Waals surface area contributed by atoms with E-state index in [-0.39, 0.29) is 36.1 Å². The smallest absolute Gasteiger partial charge is 0.315 e. The van der Waals surface area contributed by atoms with Crippen LogP contribution in [0.4, 0.5) is 4.79 Å². The fourth-order valence-electron chi connectivity index (χ4n) is 6.05. The molecular formula is C19H32N2O3. The highest BCUT2D eigenvalue weighted by Crippen LogP contribution is 2.60. The average Bonchev–Trinajstić information content (AvgIpc) is 3.19. The van der Waals surface area contributed by atoms with Crippen molar-refractivity contribution in [2.45, 2.75) is 82.4 Å². The summed E-state index contributed by atoms with van der Waals surface area (Å²) < 4.78 is 6.00. The van der Waals surface area contributed by atoms with Gasteiger partial charge in [-0.3, -0.25) is 0 Å². The summed E-state index contributed by atoms with van der Waals surface area (Å²) in [4.78, 5) is 12.7. The van der Waals surface area contributed by atoms with Gasteiger partial charge in [0.05, 0.1) is 6.10 Å². The molecule has 1 aliphatic heterocycles. The second-order valence-corrected chi connectivity index (χ2v) is 8.47. The van der Waals surface area contributed by atoms with E-state index in [1.165, 1.54) is 32.1 Å². The van der Waals surface area contributed by atoms with Crippen molar-refractivity contribution in [1.82, 2.24) is 10.6 Å². The average molecular weight is 336 g/mol. The molecule has 3 aliphatic carbocycles. The molecule has 1 heterocycles. The van der Waals surface area contributed by atoms with Crippen molar-refractivity contribution in [1.29, 1.82) is 0 Å². The summed E-state index contributed by atoms with van der Waals surface area (Å²) in [5.41, 5.74) is 0.207. The summed E-state index contributed by atoms with van der Waals surface area (Å²) in [6, 6.07) is 0.376. The Kier molecular flexibility index (Phi) is 4.74. The van der Waals surface area contributed by atoms with E-state index in [2.05, 4.69) is 10.6 Å². The molecule has 4 fully saturated rings. The van der Waals surface area contributed by atoms with Crippen molar-refractivity contribution in [3.8, 4) is 0 Å². The van der Waals surface area contributed by atoms with E-state index >= 15 is 0 Å². The van der Waals surface area contributed by atoms with Crippen LogP contribution in [-0.2, 0) is 4.74 Å². The maximum absolute atomic E-state index is 12.7. The van der Waals surface area contributed by atoms with Crippen LogP contribution in [-0.4, -0.2) is 42.5 Å². The highest BCUT2D eigenvalue weighted by molar-refractivity contribution is 5.75. The lowest BCUT2D eigenvalue weighted by atomic mass is 9.54. The van der Waals surface area contributed by atoms with Gasteiger partial charge >= 0.3 is 6.03 Å². The Hall–Kier alpha value is -0.810. The molecule has 4 rings (SSSR count). The van der Waals surface area contributed by atoms with Crippen LogP contribution >= 0.6 is 0 Å². The predicted molar refractivity (Wildman–Crippen MR) is 91.7 cm³/mol. The number of rotatable bonds is 3. The summed E-state index contributed by atoms with van der Waals surface area (Å²) in [7, 11) is 0. The Morgan fingerprint density at radius 2 is 1.83 bits per heavy atom. The Labute approximate surface area is 144 Å². The van der Waals surface area contributed by atoms with Gasteiger partial charge in [0.25, 0.3) is 0 Å². The highest BCUT2D eigenvalue weighted by Gasteiger charge is 2.65. The SMILES string of the molecule is O=C(NC1CCCCCC1CO)NC1C2CCOC2C12CCCC2. The second kappa shape index (κ2) is 6.83. The van der Waals surface area contributed by atoms with E-state index in [1.54, 1.807) is 0 Å². The molecule has 136 valence electrons. The highest BCUT2D eigenvalue weighted by atomic mass is 16.5. The topological polar surface area (TPSA) is 70.6 Å². The number of urea groups is 1. The number of amides is 2. The lowest BCUT2D eigenvalue weighted by Crippen LogP contribution is -2.69. The zero-order valence-corrected chi connectivity index (χ0v) is 14.6. The van der Waals surface area contributed by atoms with Crippen molar-refractivity contribution in [3.05, 3.63) is 0 Å². The van der Waals surface area contributed by atoms with Gasteiger partial charge in [0.2, 0.25) is 0 Å². The second-order valence-electron chi connectivity index (χ2n) is 8.47. The molecule has 0 aromatic carbocycles. The van der Waals surface area contributed by atoms with Gasteiger partial charge in [-0.2, -0.15) is 0 Å². The number of hydrogen-bond donors (Lipinski definition) is 3. The lowest BCUT2D eigenvalue weighted by molar-refractivity contribution is -0.126. The zero-order chi connectivity index (χ0) is 16.6. The zero-order valence-electron chi connectivity index (χ0n) is 14.6. The van der Waals surface area contributed by atoms with Crippen LogP contribution in [0.3, 0.4) is 0 Å². The minimum Gasteiger partial charge on any atom is -0.396 e. The van der Waals surface area contributed by atoms with Crippen LogP contribution in [0.2, 0.25) is 0 Å². The largest absolute Gasteiger partial charge is 0.396 e. The van der Waals surface area contributed by atoms with Gasteiger partial charge in [-0.15, -0.1) is 0 Å². The van der Waals surface area contributed by atoms with Crippen molar-refractivity contribution in [2.24, 2.45) is 17.3 Å². The molecule has 5 atom stereocenters. The Morgan fingerprint density at radius 3 is 2.62 bits per heavy atom. The van der Waals surface area contributed by atoms with Crippen LogP contribution in [0.5, 0.6) is 0 Å². The van der Waals surface area contributed by atoms with E-state index in [4.69, 9.17) is 4.74 Å². The van der Waals surface area contributed by atoms with Crippen LogP contribution in [0, 0.1) is 17.3 Å². The molecule has 0 bridgehead atoms. The molecule has 0 aromatic rings. The van der Waals surface area contributed by atoms with Crippen molar-refractivity contribution >= 4 is 6.03 Å². The first-order chi connectivity index (χ1) is 11.7. The van der Waals surface area contributed by atoms with Gasteiger partial charge in [-0.1, -0.05) is 32.1 Å². The number of aliphatic hydroxyl groups is 1. The molecule has 3 saturated carbocycles. The molecule has 4 aliphatic rings. The normalized spacial score (nSPS) is 40.6. The van der Waals surface area contributed by atoms with Crippen LogP contribution in [0.1, 0.15) is 64.2 Å². The number of fused-ring (bicyclic) bond motifs is 2. The van der Waals surface area contributed by atoms with Crippen LogP contribution in [0.25, 0.3) is 0 Å². The molecule has 0 radical (unpaired) electrons. The number of aliphatic hydroxyl groups excluding tert-OH is 1. The maximum atomic E-state index is 12.7. The quantitative estimate of drug-likeness (QED) is 0.694. The van der Waals surface area contributed by atoms with Crippen molar-refractivity contribution in [2.75, 3.05) is 13.2 Å². The summed E-state index contributed by atoms with van der Waals surface area (Å²) in [6.45, 7) is 1.03. The van der Waals surface area contributed by atoms with E-state index in [0.29, 0.717) is 12.0 Å². The molecule has 5 heteroatoms. The molecule has 0 aromatic heterocycles. The lowest BCUT2D eigenvalue weighted by Gasteiger charge is -2.56. The minimum absolute atomic E-state index is 0.0259. The van der Waals surface area contributed by atoms with Gasteiger partial charge in [0.1, 0.15) is 0 Å². The van der Waals surface area contributed by atoms with Gasteiger partial charge in [0.15, 0.2) is 0 Å². The number of carbonyl (C=O) groups is 1. The van der Waals surface area contributed by atoms with Crippen LogP contribution < -0.4 is 10.6 Å². The maximum Gasteiger partial charge on any atom is 0.315 e. The fourth-order valence-corrected chi connectivity index (χ4v) is 6.05. The van der Waals surface area contributed by atoms with E-state index in [9.17, 15) is 9.90 Å². The van der Waals surface area contributed by atoms with Crippen molar-refractivity contribution in [3.63, 3.8) is 0 Å². The molecule has 3 N–H and O–H groups in total. The van der Waals surface area contributed by atoms with E-state index in [0.717, 1.165) is 38.7 Å². The molecule has 5 unspecified atom stereocenters. The van der Waals surface area contributed by atoms with E-state index in [1.807, 2.05) is 0 Å². The standard InChI is InChI=1S/C19H32N2O3/c22-12-13-6-2-1-3-7-15(13)20-18(23)21-16-14-8-11-24-17(14)19(16)9-4-5-10-19/h13-17,22H,1-12H2,(H2,20,21,23). The number of carbonyl (C=O) groups excluding carboxylic acids is 1. The molecule has 1 saturated heterocycles. The third-order valence-electron chi connectivity index (χ3n) is 7.28. The first kappa shape index (κ1) is 16.6. The van der Waals surface area contributed by atoms with Gasteiger partial charge < -0.3 is 20.5 Å². The monoisotopic (exact) mass is 336 g/mol. The van der Waals surface area contributed by atoms with E-state index < -0.39 is 0 Å². The van der Waals surface area contributed by atoms with Gasteiger partial charge in [-0.05, 0) is 32.1 Å². The first-order valence-corrected chi connectivity index (χ1v) is 10.0. The molecule has 2 amide bonds.